The first-order valence-electron chi connectivity index (χ1n) is 23.9. The van der Waals surface area contributed by atoms with Crippen molar-refractivity contribution in [3.63, 3.8) is 0 Å². The van der Waals surface area contributed by atoms with Crippen molar-refractivity contribution in [3.8, 4) is 0 Å². The van der Waals surface area contributed by atoms with E-state index < -0.39 is 16.3 Å². The average molecular weight is 803 g/mol. The van der Waals surface area contributed by atoms with Gasteiger partial charge in [0.25, 0.3) is 0 Å². The third-order valence-electron chi connectivity index (χ3n) is 10.9. The third-order valence-corrected chi connectivity index (χ3v) is 11.6. The van der Waals surface area contributed by atoms with Crippen LogP contribution in [0.2, 0.25) is 0 Å². The Balaban J connectivity index is 4.30. The van der Waals surface area contributed by atoms with Crippen LogP contribution in [0.25, 0.3) is 0 Å². The highest BCUT2D eigenvalue weighted by Gasteiger charge is 2.15. The molecule has 0 aliphatic rings. The minimum Gasteiger partial charge on any atom is -0.466 e. The molecule has 0 saturated heterocycles. The van der Waals surface area contributed by atoms with Crippen molar-refractivity contribution in [2.75, 3.05) is 39.0 Å². The van der Waals surface area contributed by atoms with Gasteiger partial charge in [-0.2, -0.15) is 0 Å². The maximum absolute atomic E-state index is 12.1. The first kappa shape index (κ1) is 54.3. The molecule has 0 rings (SSSR count). The summed E-state index contributed by atoms with van der Waals surface area (Å²) in [5, 5.41) is 10.7. The largest absolute Gasteiger partial charge is 0.466 e. The molecule has 0 aliphatic heterocycles. The summed E-state index contributed by atoms with van der Waals surface area (Å²) in [7, 11) is -3.16. The number of sulfonamides is 1. The van der Waals surface area contributed by atoms with E-state index >= 15 is 0 Å². The summed E-state index contributed by atoms with van der Waals surface area (Å²) in [5.74, 6) is -0.0457. The van der Waals surface area contributed by atoms with Gasteiger partial charge in [-0.3, -0.25) is 4.79 Å². The number of hydrogen-bond donors (Lipinski definition) is 2. The number of nitrogens with zero attached hydrogens (tertiary/aromatic N) is 1. The molecule has 330 valence electrons. The number of carbonyl (C=O) groups excluding carboxylic acids is 1. The van der Waals surface area contributed by atoms with Crippen LogP contribution < -0.4 is 4.72 Å². The van der Waals surface area contributed by atoms with Crippen LogP contribution in [0.1, 0.15) is 239 Å². The second kappa shape index (κ2) is 41.4. The molecule has 0 fully saturated rings. The lowest BCUT2D eigenvalue weighted by Crippen LogP contribution is -2.31. The van der Waals surface area contributed by atoms with Gasteiger partial charge in [-0.05, 0) is 77.4 Å². The maximum Gasteiger partial charge on any atom is 0.305 e. The Morgan fingerprint density at radius 1 is 0.545 bits per heavy atom. The van der Waals surface area contributed by atoms with E-state index in [2.05, 4.69) is 30.4 Å². The Labute approximate surface area is 342 Å². The van der Waals surface area contributed by atoms with E-state index in [1.807, 2.05) is 0 Å². The molecule has 8 nitrogen and oxygen atoms in total. The second-order valence-electron chi connectivity index (χ2n) is 16.6. The lowest BCUT2D eigenvalue weighted by Gasteiger charge is -2.23. The summed E-state index contributed by atoms with van der Waals surface area (Å²) in [6.07, 6.45) is 40.0. The first-order chi connectivity index (χ1) is 26.7. The van der Waals surface area contributed by atoms with Crippen LogP contribution in [-0.2, 0) is 24.3 Å². The van der Waals surface area contributed by atoms with Crippen molar-refractivity contribution in [2.45, 2.75) is 251 Å². The van der Waals surface area contributed by atoms with Crippen LogP contribution in [0.5, 0.6) is 0 Å². The van der Waals surface area contributed by atoms with Crippen LogP contribution in [0.4, 0.5) is 0 Å². The highest BCUT2D eigenvalue weighted by Crippen LogP contribution is 2.20. The van der Waals surface area contributed by atoms with Crippen molar-refractivity contribution in [2.24, 2.45) is 0 Å². The molecule has 0 bridgehead atoms. The number of ether oxygens (including phenoxy) is 2. The molecule has 0 aromatic rings. The van der Waals surface area contributed by atoms with Gasteiger partial charge in [0.15, 0.2) is 6.29 Å². The van der Waals surface area contributed by atoms with Crippen molar-refractivity contribution in [3.05, 3.63) is 0 Å². The number of nitrogens with one attached hydrogen (secondary N) is 1. The fourth-order valence-corrected chi connectivity index (χ4v) is 7.92. The Morgan fingerprint density at radius 3 is 1.44 bits per heavy atom. The summed E-state index contributed by atoms with van der Waals surface area (Å²) < 4.78 is 37.3. The second-order valence-corrected chi connectivity index (χ2v) is 18.4. The van der Waals surface area contributed by atoms with E-state index in [0.29, 0.717) is 19.6 Å². The molecule has 0 aliphatic carbocycles. The summed E-state index contributed by atoms with van der Waals surface area (Å²) in [4.78, 5) is 14.6. The van der Waals surface area contributed by atoms with Gasteiger partial charge < -0.3 is 19.5 Å². The molecule has 1 atom stereocenters. The minimum absolute atomic E-state index is 0.0457. The molecule has 0 heterocycles. The van der Waals surface area contributed by atoms with Gasteiger partial charge in [0, 0.05) is 13.0 Å². The number of aliphatic hydroxyl groups excluding tert-OH is 1. The zero-order valence-corrected chi connectivity index (χ0v) is 37.9. The number of rotatable bonds is 45. The number of unbranched alkanes of at least 4 members (excludes halogenated alkanes) is 24. The predicted molar refractivity (Wildman–Crippen MR) is 235 cm³/mol. The van der Waals surface area contributed by atoms with E-state index in [4.69, 9.17) is 9.47 Å². The van der Waals surface area contributed by atoms with Crippen molar-refractivity contribution in [1.29, 1.82) is 0 Å². The molecule has 2 N–H and O–H groups in total. The molecule has 0 spiro atoms. The van der Waals surface area contributed by atoms with E-state index in [-0.39, 0.29) is 12.1 Å². The topological polar surface area (TPSA) is 105 Å². The molecule has 9 heteroatoms. The summed E-state index contributed by atoms with van der Waals surface area (Å²) in [5.41, 5.74) is 0. The highest BCUT2D eigenvalue weighted by molar-refractivity contribution is 7.88. The van der Waals surface area contributed by atoms with Crippen LogP contribution in [-0.4, -0.2) is 75.8 Å². The molecule has 1 unspecified atom stereocenters. The molecule has 0 saturated carbocycles. The Morgan fingerprint density at radius 2 is 0.945 bits per heavy atom. The quantitative estimate of drug-likeness (QED) is 0.0359. The SMILES string of the molecule is CCCCCCCCCOC(=O)CCCCCCCN(CCCCCCCC(O)OC(CCCCCCCC)CCCCCCCC)CCCNS(C)(=O)=O. The van der Waals surface area contributed by atoms with Gasteiger partial charge in [0.2, 0.25) is 10.0 Å². The molecule has 55 heavy (non-hydrogen) atoms. The summed E-state index contributed by atoms with van der Waals surface area (Å²) >= 11 is 0. The molecular weight excluding hydrogens is 709 g/mol. The Kier molecular flexibility index (Phi) is 40.9. The first-order valence-corrected chi connectivity index (χ1v) is 25.8. The van der Waals surface area contributed by atoms with Gasteiger partial charge in [0.05, 0.1) is 19.0 Å². The van der Waals surface area contributed by atoms with Gasteiger partial charge >= 0.3 is 5.97 Å². The maximum atomic E-state index is 12.1. The van der Waals surface area contributed by atoms with E-state index in [0.717, 1.165) is 116 Å². The van der Waals surface area contributed by atoms with E-state index in [1.54, 1.807) is 0 Å². The molecule has 0 aromatic heterocycles. The standard InChI is InChI=1S/C46H94N2O6S/c1-5-8-11-14-17-26-33-43-53-45(49)37-29-22-18-24-31-40-48(42-34-39-47-55(4,51)52)41-32-25-19-23-30-38-46(50)54-44(35-27-20-15-12-9-6-2)36-28-21-16-13-10-7-3/h44,46-47,50H,5-43H2,1-4H3. The normalized spacial score (nSPS) is 12.6. The van der Waals surface area contributed by atoms with E-state index in [1.165, 1.54) is 122 Å². The van der Waals surface area contributed by atoms with Crippen LogP contribution in [0.15, 0.2) is 0 Å². The molecule has 0 radical (unpaired) electrons. The van der Waals surface area contributed by atoms with Crippen molar-refractivity contribution in [1.82, 2.24) is 9.62 Å². The van der Waals surface area contributed by atoms with Crippen molar-refractivity contribution < 1.29 is 27.8 Å². The van der Waals surface area contributed by atoms with Gasteiger partial charge in [-0.1, -0.05) is 175 Å². The predicted octanol–water partition coefficient (Wildman–Crippen LogP) is 12.4. The summed E-state index contributed by atoms with van der Waals surface area (Å²) in [6, 6.07) is 0. The smallest absolute Gasteiger partial charge is 0.305 e. The number of carbonyl (C=O) groups is 1. The molecule has 0 amide bonds. The monoisotopic (exact) mass is 803 g/mol. The summed E-state index contributed by atoms with van der Waals surface area (Å²) in [6.45, 7) is 10.8. The fraction of sp³-hybridized carbons (Fsp3) is 0.978. The van der Waals surface area contributed by atoms with E-state index in [9.17, 15) is 18.3 Å². The Hall–Kier alpha value is -0.740. The number of aliphatic hydroxyl groups is 1. The van der Waals surface area contributed by atoms with Crippen LogP contribution in [0, 0.1) is 0 Å². The number of hydrogen-bond acceptors (Lipinski definition) is 7. The van der Waals surface area contributed by atoms with Crippen LogP contribution >= 0.6 is 0 Å². The molecular formula is C46H94N2O6S. The zero-order valence-electron chi connectivity index (χ0n) is 37.1. The highest BCUT2D eigenvalue weighted by atomic mass is 32.2. The third kappa shape index (κ3) is 42.7. The molecule has 0 aromatic carbocycles. The van der Waals surface area contributed by atoms with Crippen molar-refractivity contribution >= 4 is 16.0 Å². The minimum atomic E-state index is -3.16. The zero-order chi connectivity index (χ0) is 40.5. The van der Waals surface area contributed by atoms with Gasteiger partial charge in [0.1, 0.15) is 0 Å². The van der Waals surface area contributed by atoms with Gasteiger partial charge in [-0.25, -0.2) is 13.1 Å². The number of esters is 1. The lowest BCUT2D eigenvalue weighted by molar-refractivity contribution is -0.144. The Bertz CT molecular complexity index is 889. The average Bonchev–Trinajstić information content (AvgIpc) is 3.15. The fourth-order valence-electron chi connectivity index (χ4n) is 7.41. The van der Waals surface area contributed by atoms with Crippen LogP contribution in [0.3, 0.4) is 0 Å². The lowest BCUT2D eigenvalue weighted by atomic mass is 10.0. The van der Waals surface area contributed by atoms with Gasteiger partial charge in [-0.15, -0.1) is 0 Å².